The van der Waals surface area contributed by atoms with E-state index in [2.05, 4.69) is 5.32 Å². The molecule has 0 atom stereocenters. The highest BCUT2D eigenvalue weighted by molar-refractivity contribution is 7.10. The third kappa shape index (κ3) is 3.31. The predicted molar refractivity (Wildman–Crippen MR) is 72.7 cm³/mol. The molecule has 2 heterocycles. The molecule has 2 N–H and O–H groups in total. The Kier molecular flexibility index (Phi) is 4.37. The molecule has 0 unspecified atom stereocenters. The van der Waals surface area contributed by atoms with Crippen LogP contribution in [-0.4, -0.2) is 48.2 Å². The van der Waals surface area contributed by atoms with Gasteiger partial charge in [0.2, 0.25) is 5.91 Å². The Labute approximate surface area is 112 Å². The van der Waals surface area contributed by atoms with Crippen molar-refractivity contribution in [1.82, 2.24) is 10.2 Å². The predicted octanol–water partition coefficient (Wildman–Crippen LogP) is 0.863. The van der Waals surface area contributed by atoms with E-state index in [1.54, 1.807) is 11.3 Å². The monoisotopic (exact) mass is 268 g/mol. The van der Waals surface area contributed by atoms with E-state index in [9.17, 15) is 9.90 Å². The van der Waals surface area contributed by atoms with Crippen molar-refractivity contribution in [2.75, 3.05) is 26.7 Å². The molecule has 1 aliphatic heterocycles. The van der Waals surface area contributed by atoms with E-state index in [4.69, 9.17) is 0 Å². The summed E-state index contributed by atoms with van der Waals surface area (Å²) in [5.41, 5.74) is -0.644. The van der Waals surface area contributed by atoms with Crippen LogP contribution < -0.4 is 5.32 Å². The van der Waals surface area contributed by atoms with Crippen molar-refractivity contribution in [1.29, 1.82) is 0 Å². The minimum Gasteiger partial charge on any atom is -0.388 e. The lowest BCUT2D eigenvalue weighted by atomic mass is 9.91. The van der Waals surface area contributed by atoms with E-state index >= 15 is 0 Å². The highest BCUT2D eigenvalue weighted by Gasteiger charge is 2.33. The number of nitrogens with zero attached hydrogens (tertiary/aromatic N) is 1. The second kappa shape index (κ2) is 5.82. The molecule has 100 valence electrons. The molecule has 1 aliphatic rings. The van der Waals surface area contributed by atoms with Crippen LogP contribution in [0, 0.1) is 0 Å². The van der Waals surface area contributed by atoms with Gasteiger partial charge in [-0.25, -0.2) is 0 Å². The quantitative estimate of drug-likeness (QED) is 0.852. The van der Waals surface area contributed by atoms with Crippen LogP contribution in [0.5, 0.6) is 0 Å². The first-order valence-electron chi connectivity index (χ1n) is 6.30. The summed E-state index contributed by atoms with van der Waals surface area (Å²) in [6, 6.07) is 3.96. The van der Waals surface area contributed by atoms with E-state index in [-0.39, 0.29) is 5.91 Å². The smallest absolute Gasteiger partial charge is 0.227 e. The van der Waals surface area contributed by atoms with Gasteiger partial charge < -0.3 is 15.3 Å². The second-order valence-corrected chi connectivity index (χ2v) is 5.92. The van der Waals surface area contributed by atoms with Crippen molar-refractivity contribution in [2.24, 2.45) is 0 Å². The summed E-state index contributed by atoms with van der Waals surface area (Å²) >= 11 is 1.62. The van der Waals surface area contributed by atoms with E-state index < -0.39 is 5.60 Å². The summed E-state index contributed by atoms with van der Waals surface area (Å²) in [6.07, 6.45) is 1.80. The number of aliphatic hydroxyl groups is 1. The Hall–Kier alpha value is -0.910. The highest BCUT2D eigenvalue weighted by Crippen LogP contribution is 2.22. The zero-order chi connectivity index (χ0) is 13.0. The molecule has 1 saturated heterocycles. The second-order valence-electron chi connectivity index (χ2n) is 4.89. The summed E-state index contributed by atoms with van der Waals surface area (Å²) in [4.78, 5) is 15.0. The summed E-state index contributed by atoms with van der Waals surface area (Å²) in [5, 5.41) is 15.2. The van der Waals surface area contributed by atoms with Crippen molar-refractivity contribution in [3.05, 3.63) is 22.4 Å². The van der Waals surface area contributed by atoms with Gasteiger partial charge in [0.15, 0.2) is 0 Å². The van der Waals surface area contributed by atoms with Gasteiger partial charge in [0, 0.05) is 24.5 Å². The minimum absolute atomic E-state index is 0.170. The summed E-state index contributed by atoms with van der Waals surface area (Å²) in [6.45, 7) is 1.91. The van der Waals surface area contributed by atoms with Gasteiger partial charge in [-0.15, -0.1) is 11.3 Å². The normalized spacial score (nSPS) is 18.9. The summed E-state index contributed by atoms with van der Waals surface area (Å²) < 4.78 is 0. The van der Waals surface area contributed by atoms with Gasteiger partial charge in [0.1, 0.15) is 0 Å². The van der Waals surface area contributed by atoms with Crippen LogP contribution in [0.2, 0.25) is 0 Å². The maximum atomic E-state index is 12.1. The largest absolute Gasteiger partial charge is 0.388 e. The molecule has 0 saturated carbocycles. The van der Waals surface area contributed by atoms with Gasteiger partial charge >= 0.3 is 0 Å². The molecular weight excluding hydrogens is 248 g/mol. The van der Waals surface area contributed by atoms with Crippen LogP contribution in [0.4, 0.5) is 0 Å². The van der Waals surface area contributed by atoms with E-state index in [0.717, 1.165) is 4.88 Å². The molecule has 2 rings (SSSR count). The van der Waals surface area contributed by atoms with Crippen molar-refractivity contribution in [2.45, 2.75) is 24.9 Å². The minimum atomic E-state index is -0.644. The van der Waals surface area contributed by atoms with Gasteiger partial charge in [-0.05, 0) is 31.3 Å². The number of piperidine rings is 1. The molecule has 18 heavy (non-hydrogen) atoms. The summed E-state index contributed by atoms with van der Waals surface area (Å²) in [5.74, 6) is 0.170. The molecule has 1 amide bonds. The van der Waals surface area contributed by atoms with E-state index in [0.29, 0.717) is 38.9 Å². The number of hydrogen-bond acceptors (Lipinski definition) is 4. The van der Waals surface area contributed by atoms with E-state index in [1.807, 2.05) is 29.5 Å². The third-order valence-corrected chi connectivity index (χ3v) is 4.33. The number of rotatable bonds is 4. The third-order valence-electron chi connectivity index (χ3n) is 3.46. The van der Waals surface area contributed by atoms with Crippen LogP contribution in [0.1, 0.15) is 17.7 Å². The Morgan fingerprint density at radius 3 is 2.83 bits per heavy atom. The van der Waals surface area contributed by atoms with Crippen molar-refractivity contribution >= 4 is 17.2 Å². The topological polar surface area (TPSA) is 52.6 Å². The Morgan fingerprint density at radius 2 is 2.28 bits per heavy atom. The fourth-order valence-electron chi connectivity index (χ4n) is 2.35. The van der Waals surface area contributed by atoms with Crippen molar-refractivity contribution in [3.8, 4) is 0 Å². The molecule has 0 radical (unpaired) electrons. The number of carbonyl (C=O) groups excluding carboxylic acids is 1. The van der Waals surface area contributed by atoms with E-state index in [1.165, 1.54) is 0 Å². The maximum Gasteiger partial charge on any atom is 0.227 e. The van der Waals surface area contributed by atoms with Gasteiger partial charge in [-0.3, -0.25) is 4.79 Å². The number of amides is 1. The molecule has 5 heteroatoms. The first-order valence-corrected chi connectivity index (χ1v) is 7.18. The Morgan fingerprint density at radius 1 is 1.56 bits per heavy atom. The van der Waals surface area contributed by atoms with Crippen LogP contribution in [-0.2, 0) is 11.2 Å². The van der Waals surface area contributed by atoms with Crippen LogP contribution in [0.25, 0.3) is 0 Å². The fraction of sp³-hybridized carbons (Fsp3) is 0.615. The number of likely N-dealkylation sites (tertiary alicyclic amines) is 1. The zero-order valence-corrected chi connectivity index (χ0v) is 11.5. The molecule has 0 aliphatic carbocycles. The first kappa shape index (κ1) is 13.5. The van der Waals surface area contributed by atoms with Crippen LogP contribution in [0.15, 0.2) is 17.5 Å². The molecule has 1 fully saturated rings. The number of carbonyl (C=O) groups is 1. The average molecular weight is 268 g/mol. The van der Waals surface area contributed by atoms with Gasteiger partial charge in [0.05, 0.1) is 12.0 Å². The highest BCUT2D eigenvalue weighted by atomic mass is 32.1. The van der Waals surface area contributed by atoms with Gasteiger partial charge in [0.25, 0.3) is 0 Å². The molecule has 4 nitrogen and oxygen atoms in total. The van der Waals surface area contributed by atoms with Crippen molar-refractivity contribution in [3.63, 3.8) is 0 Å². The number of thiophene rings is 1. The Balaban J connectivity index is 1.84. The zero-order valence-electron chi connectivity index (χ0n) is 10.7. The SMILES string of the molecule is CNCC1(O)CCN(C(=O)Cc2cccs2)CC1. The lowest BCUT2D eigenvalue weighted by Gasteiger charge is -2.38. The first-order chi connectivity index (χ1) is 8.63. The number of hydrogen-bond donors (Lipinski definition) is 2. The van der Waals surface area contributed by atoms with Crippen LogP contribution >= 0.6 is 11.3 Å². The number of likely N-dealkylation sites (N-methyl/N-ethyl adjacent to an activating group) is 1. The molecule has 0 bridgehead atoms. The van der Waals surface area contributed by atoms with Crippen LogP contribution in [0.3, 0.4) is 0 Å². The average Bonchev–Trinajstić information content (AvgIpc) is 2.82. The molecule has 1 aromatic heterocycles. The Bertz CT molecular complexity index is 384. The molecular formula is C13H20N2O2S. The number of nitrogens with one attached hydrogen (secondary N) is 1. The lowest BCUT2D eigenvalue weighted by Crippen LogP contribution is -2.51. The standard InChI is InChI=1S/C13H20N2O2S/c1-14-10-13(17)4-6-15(7-5-13)12(16)9-11-3-2-8-18-11/h2-3,8,14,17H,4-7,9-10H2,1H3. The van der Waals surface area contributed by atoms with Gasteiger partial charge in [-0.1, -0.05) is 6.07 Å². The molecule has 1 aromatic rings. The summed E-state index contributed by atoms with van der Waals surface area (Å²) in [7, 11) is 1.84. The van der Waals surface area contributed by atoms with Crippen molar-refractivity contribution < 1.29 is 9.90 Å². The fourth-order valence-corrected chi connectivity index (χ4v) is 3.05. The van der Waals surface area contributed by atoms with Gasteiger partial charge in [-0.2, -0.15) is 0 Å². The lowest BCUT2D eigenvalue weighted by molar-refractivity contribution is -0.134. The molecule has 0 spiro atoms. The molecule has 0 aromatic carbocycles. The maximum absolute atomic E-state index is 12.1.